The van der Waals surface area contributed by atoms with Gasteiger partial charge < -0.3 is 10.6 Å². The first kappa shape index (κ1) is 19.8. The summed E-state index contributed by atoms with van der Waals surface area (Å²) in [6, 6.07) is 6.66. The Morgan fingerprint density at radius 1 is 1.17 bits per heavy atom. The van der Waals surface area contributed by atoms with Gasteiger partial charge in [-0.15, -0.1) is 0 Å². The molecule has 5 nitrogen and oxygen atoms in total. The van der Waals surface area contributed by atoms with E-state index >= 15 is 0 Å². The summed E-state index contributed by atoms with van der Waals surface area (Å²) in [5.41, 5.74) is 1.85. The predicted octanol–water partition coefficient (Wildman–Crippen LogP) is 4.91. The lowest BCUT2D eigenvalue weighted by molar-refractivity contribution is -0.173. The molecular weight excluding hydrogens is 381 g/mol. The molecule has 0 saturated heterocycles. The number of nitrogens with one attached hydrogen (secondary N) is 2. The largest absolute Gasteiger partial charge is 0.410 e. The van der Waals surface area contributed by atoms with Crippen molar-refractivity contribution in [2.24, 2.45) is 0 Å². The first-order valence-electron chi connectivity index (χ1n) is 10.1. The quantitative estimate of drug-likeness (QED) is 0.761. The van der Waals surface area contributed by atoms with Crippen LogP contribution in [0.5, 0.6) is 0 Å². The molecule has 1 fully saturated rings. The van der Waals surface area contributed by atoms with E-state index in [1.165, 1.54) is 6.07 Å². The summed E-state index contributed by atoms with van der Waals surface area (Å²) >= 11 is 0. The number of nitrogens with zero attached hydrogens (tertiary/aromatic N) is 2. The number of rotatable bonds is 3. The average molecular weight is 406 g/mol. The highest BCUT2D eigenvalue weighted by molar-refractivity contribution is 5.93. The fourth-order valence-electron chi connectivity index (χ4n) is 4.21. The first-order chi connectivity index (χ1) is 13.8. The van der Waals surface area contributed by atoms with E-state index in [0.717, 1.165) is 47.9 Å². The maximum absolute atomic E-state index is 13.8. The molecule has 1 aromatic heterocycles. The van der Waals surface area contributed by atoms with Crippen LogP contribution < -0.4 is 10.6 Å². The summed E-state index contributed by atoms with van der Waals surface area (Å²) in [6.45, 7) is 1.93. The van der Waals surface area contributed by atoms with Crippen LogP contribution in [-0.4, -0.2) is 27.9 Å². The smallest absolute Gasteiger partial charge is 0.363 e. The van der Waals surface area contributed by atoms with E-state index in [-0.39, 0.29) is 24.0 Å². The van der Waals surface area contributed by atoms with Crippen LogP contribution in [0.3, 0.4) is 0 Å². The van der Waals surface area contributed by atoms with Gasteiger partial charge in [0.15, 0.2) is 11.7 Å². The molecule has 29 heavy (non-hydrogen) atoms. The van der Waals surface area contributed by atoms with Crippen molar-refractivity contribution in [2.45, 2.75) is 69.8 Å². The van der Waals surface area contributed by atoms with Gasteiger partial charge in [0.1, 0.15) is 5.82 Å². The van der Waals surface area contributed by atoms with Crippen molar-refractivity contribution in [1.29, 1.82) is 0 Å². The molecule has 1 aliphatic carbocycles. The molecular formula is C21H25F3N4O. The Hall–Kier alpha value is -2.51. The monoisotopic (exact) mass is 406 g/mol. The minimum Gasteiger partial charge on any atom is -0.363 e. The highest BCUT2D eigenvalue weighted by atomic mass is 19.4. The number of aromatic nitrogens is 2. The molecule has 2 aromatic rings. The Labute approximate surface area is 167 Å². The van der Waals surface area contributed by atoms with Gasteiger partial charge in [-0.3, -0.25) is 4.79 Å². The van der Waals surface area contributed by atoms with Crippen LogP contribution >= 0.6 is 0 Å². The number of alkyl halides is 3. The molecule has 1 aromatic carbocycles. The second-order valence-corrected chi connectivity index (χ2v) is 8.07. The van der Waals surface area contributed by atoms with Crippen molar-refractivity contribution in [3.05, 3.63) is 47.2 Å². The molecule has 0 radical (unpaired) electrons. The zero-order valence-corrected chi connectivity index (χ0v) is 16.3. The van der Waals surface area contributed by atoms with Crippen molar-refractivity contribution >= 4 is 11.7 Å². The number of carbonyl (C=O) groups is 1. The second kappa shape index (κ2) is 7.72. The fourth-order valence-corrected chi connectivity index (χ4v) is 4.21. The van der Waals surface area contributed by atoms with Gasteiger partial charge in [0.25, 0.3) is 5.91 Å². The lowest BCUT2D eigenvalue weighted by Gasteiger charge is -2.33. The van der Waals surface area contributed by atoms with E-state index < -0.39 is 24.2 Å². The highest BCUT2D eigenvalue weighted by Crippen LogP contribution is 2.43. The van der Waals surface area contributed by atoms with Gasteiger partial charge in [0, 0.05) is 18.5 Å². The van der Waals surface area contributed by atoms with E-state index in [1.807, 2.05) is 31.2 Å². The van der Waals surface area contributed by atoms with E-state index in [9.17, 15) is 18.0 Å². The van der Waals surface area contributed by atoms with E-state index in [2.05, 4.69) is 15.7 Å². The summed E-state index contributed by atoms with van der Waals surface area (Å²) in [5.74, 6) is -0.189. The number of aryl methyl sites for hydroxylation is 1. The lowest BCUT2D eigenvalue weighted by atomic mass is 9.95. The minimum atomic E-state index is -4.46. The molecule has 2 atom stereocenters. The van der Waals surface area contributed by atoms with Gasteiger partial charge in [-0.2, -0.15) is 18.3 Å². The predicted molar refractivity (Wildman–Crippen MR) is 104 cm³/mol. The molecule has 1 aliphatic heterocycles. The number of hydrogen-bond donors (Lipinski definition) is 2. The Balaban J connectivity index is 1.59. The van der Waals surface area contributed by atoms with Gasteiger partial charge in [-0.1, -0.05) is 49.1 Å². The van der Waals surface area contributed by atoms with Crippen molar-refractivity contribution in [3.63, 3.8) is 0 Å². The first-order valence-corrected chi connectivity index (χ1v) is 10.1. The summed E-state index contributed by atoms with van der Waals surface area (Å²) in [4.78, 5) is 12.6. The molecule has 2 N–H and O–H groups in total. The molecule has 0 bridgehead atoms. The molecule has 2 aliphatic rings. The summed E-state index contributed by atoms with van der Waals surface area (Å²) in [7, 11) is 0. The average Bonchev–Trinajstić information content (AvgIpc) is 3.12. The SMILES string of the molecule is Cc1ccc(C2CC(C(F)(F)F)n3nc(C(=O)NC4CCCCC4)cc3N2)cc1. The number of amides is 1. The summed E-state index contributed by atoms with van der Waals surface area (Å²) in [6.07, 6.45) is 0.439. The standard InChI is InChI=1S/C21H25F3N4O/c1-13-7-9-14(10-8-13)16-11-18(21(22,23)24)28-19(26-16)12-17(27-28)20(29)25-15-5-3-2-4-6-15/h7-10,12,15-16,18,26H,2-6,11H2,1H3,(H,25,29). The molecule has 2 heterocycles. The van der Waals surface area contributed by atoms with Crippen LogP contribution in [0.25, 0.3) is 0 Å². The third kappa shape index (κ3) is 4.26. The number of anilines is 1. The molecule has 8 heteroatoms. The third-order valence-electron chi connectivity index (χ3n) is 5.84. The lowest BCUT2D eigenvalue weighted by Crippen LogP contribution is -2.37. The maximum atomic E-state index is 13.8. The summed E-state index contributed by atoms with van der Waals surface area (Å²) < 4.78 is 42.2. The van der Waals surface area contributed by atoms with Crippen molar-refractivity contribution in [2.75, 3.05) is 5.32 Å². The van der Waals surface area contributed by atoms with Crippen LogP contribution in [0.15, 0.2) is 30.3 Å². The minimum absolute atomic E-state index is 0.0249. The van der Waals surface area contributed by atoms with Gasteiger partial charge >= 0.3 is 6.18 Å². The van der Waals surface area contributed by atoms with E-state index in [1.54, 1.807) is 0 Å². The van der Waals surface area contributed by atoms with Gasteiger partial charge in [-0.05, 0) is 25.3 Å². The van der Waals surface area contributed by atoms with Gasteiger partial charge in [0.05, 0.1) is 6.04 Å². The number of hydrogen-bond acceptors (Lipinski definition) is 3. The Morgan fingerprint density at radius 3 is 2.52 bits per heavy atom. The van der Waals surface area contributed by atoms with Crippen molar-refractivity contribution in [1.82, 2.24) is 15.1 Å². The number of fused-ring (bicyclic) bond motifs is 1. The Kier molecular flexibility index (Phi) is 5.27. The molecule has 1 amide bonds. The van der Waals surface area contributed by atoms with Crippen molar-refractivity contribution < 1.29 is 18.0 Å². The molecule has 156 valence electrons. The van der Waals surface area contributed by atoms with E-state index in [0.29, 0.717) is 0 Å². The van der Waals surface area contributed by atoms with Crippen LogP contribution in [0, 0.1) is 6.92 Å². The normalized spacial score (nSPS) is 22.6. The number of halogens is 3. The van der Waals surface area contributed by atoms with Crippen LogP contribution in [0.4, 0.5) is 19.0 Å². The van der Waals surface area contributed by atoms with Crippen LogP contribution in [0.2, 0.25) is 0 Å². The van der Waals surface area contributed by atoms with Gasteiger partial charge in [-0.25, -0.2) is 4.68 Å². The maximum Gasteiger partial charge on any atom is 0.410 e. The topological polar surface area (TPSA) is 59.0 Å². The Bertz CT molecular complexity index is 869. The molecule has 4 rings (SSSR count). The fraction of sp³-hybridized carbons (Fsp3) is 0.524. The number of carbonyl (C=O) groups excluding carboxylic acids is 1. The van der Waals surface area contributed by atoms with Crippen LogP contribution in [-0.2, 0) is 0 Å². The third-order valence-corrected chi connectivity index (χ3v) is 5.84. The molecule has 2 unspecified atom stereocenters. The Morgan fingerprint density at radius 2 is 1.86 bits per heavy atom. The molecule has 0 spiro atoms. The molecule has 1 saturated carbocycles. The highest BCUT2D eigenvalue weighted by Gasteiger charge is 2.46. The number of benzene rings is 1. The van der Waals surface area contributed by atoms with Crippen LogP contribution in [0.1, 0.15) is 72.2 Å². The zero-order chi connectivity index (χ0) is 20.6. The van der Waals surface area contributed by atoms with Crippen molar-refractivity contribution in [3.8, 4) is 0 Å². The summed E-state index contributed by atoms with van der Waals surface area (Å²) in [5, 5.41) is 10.1. The zero-order valence-electron chi connectivity index (χ0n) is 16.3. The second-order valence-electron chi connectivity index (χ2n) is 8.07. The van der Waals surface area contributed by atoms with Gasteiger partial charge in [0.2, 0.25) is 0 Å². The van der Waals surface area contributed by atoms with E-state index in [4.69, 9.17) is 0 Å².